The van der Waals surface area contributed by atoms with Crippen LogP contribution in [0.4, 0.5) is 0 Å². The van der Waals surface area contributed by atoms with Gasteiger partial charge in [-0.2, -0.15) is 0 Å². The number of phosphoric acid groups is 1. The Labute approximate surface area is 264 Å². The number of carbonyl (C=O) groups is 1. The highest BCUT2D eigenvalue weighted by atomic mass is 31.2. The minimum atomic E-state index is -4.57. The fourth-order valence-electron chi connectivity index (χ4n) is 4.55. The van der Waals surface area contributed by atoms with Crippen molar-refractivity contribution in [2.24, 2.45) is 0 Å². The smallest absolute Gasteiger partial charge is 0.268 e. The highest BCUT2D eigenvalue weighted by molar-refractivity contribution is 7.45. The number of carbonyl (C=O) groups excluding carboxylic acids is 1. The Bertz CT molecular complexity index is 768. The van der Waals surface area contributed by atoms with Crippen LogP contribution in [-0.2, 0) is 18.4 Å². The van der Waals surface area contributed by atoms with Gasteiger partial charge in [0.25, 0.3) is 7.82 Å². The van der Waals surface area contributed by atoms with Crippen LogP contribution in [0.1, 0.15) is 136 Å². The van der Waals surface area contributed by atoms with E-state index in [1.165, 1.54) is 64.2 Å². The second kappa shape index (κ2) is 27.3. The largest absolute Gasteiger partial charge is 0.756 e. The van der Waals surface area contributed by atoms with Crippen LogP contribution in [0.5, 0.6) is 0 Å². The number of aliphatic hydroxyl groups is 1. The number of amides is 1. The van der Waals surface area contributed by atoms with Crippen molar-refractivity contribution in [1.29, 1.82) is 0 Å². The molecule has 0 spiro atoms. The molecule has 0 aliphatic heterocycles. The molecule has 2 N–H and O–H groups in total. The predicted octanol–water partition coefficient (Wildman–Crippen LogP) is 7.60. The molecule has 0 aliphatic rings. The van der Waals surface area contributed by atoms with Crippen molar-refractivity contribution in [1.82, 2.24) is 5.32 Å². The van der Waals surface area contributed by atoms with E-state index < -0.39 is 20.0 Å². The van der Waals surface area contributed by atoms with Crippen LogP contribution in [0.15, 0.2) is 24.3 Å². The fourth-order valence-corrected chi connectivity index (χ4v) is 5.28. The Balaban J connectivity index is 4.61. The minimum Gasteiger partial charge on any atom is -0.756 e. The van der Waals surface area contributed by atoms with E-state index in [1.807, 2.05) is 27.2 Å². The van der Waals surface area contributed by atoms with E-state index in [9.17, 15) is 19.4 Å². The molecular weight excluding hydrogens is 563 g/mol. The summed E-state index contributed by atoms with van der Waals surface area (Å²) in [4.78, 5) is 25.0. The summed E-state index contributed by atoms with van der Waals surface area (Å²) in [5, 5.41) is 13.6. The lowest BCUT2D eigenvalue weighted by molar-refractivity contribution is -0.870. The summed E-state index contributed by atoms with van der Waals surface area (Å²) in [5.41, 5.74) is 0. The van der Waals surface area contributed by atoms with Crippen LogP contribution in [0.25, 0.3) is 0 Å². The van der Waals surface area contributed by atoms with Gasteiger partial charge in [-0.15, -0.1) is 0 Å². The second-order valence-electron chi connectivity index (χ2n) is 12.9. The number of unbranched alkanes of at least 4 members (excludes halogenated alkanes) is 15. The molecule has 0 radical (unpaired) electrons. The zero-order valence-electron chi connectivity index (χ0n) is 28.4. The summed E-state index contributed by atoms with van der Waals surface area (Å²) < 4.78 is 23.0. The number of allylic oxidation sites excluding steroid dienone is 3. The summed E-state index contributed by atoms with van der Waals surface area (Å²) in [5.74, 6) is -0.213. The molecule has 0 saturated heterocycles. The fraction of sp³-hybridized carbons (Fsp3) is 0.853. The van der Waals surface area contributed by atoms with E-state index in [0.29, 0.717) is 17.4 Å². The molecule has 3 unspecified atom stereocenters. The molecule has 0 rings (SSSR count). The number of nitrogens with zero attached hydrogens (tertiary/aromatic N) is 1. The monoisotopic (exact) mass is 630 g/mol. The van der Waals surface area contributed by atoms with Gasteiger partial charge < -0.3 is 28.8 Å². The summed E-state index contributed by atoms with van der Waals surface area (Å²) >= 11 is 0. The lowest BCUT2D eigenvalue weighted by Crippen LogP contribution is -2.45. The highest BCUT2D eigenvalue weighted by Gasteiger charge is 2.23. The maximum absolute atomic E-state index is 12.7. The molecule has 0 aromatic heterocycles. The first kappa shape index (κ1) is 42.0. The third-order valence-electron chi connectivity index (χ3n) is 7.41. The zero-order valence-corrected chi connectivity index (χ0v) is 29.3. The first-order valence-electron chi connectivity index (χ1n) is 17.2. The van der Waals surface area contributed by atoms with E-state index in [-0.39, 0.29) is 19.1 Å². The van der Waals surface area contributed by atoms with E-state index in [1.54, 1.807) is 6.08 Å². The normalized spacial score (nSPS) is 15.2. The molecule has 9 heteroatoms. The van der Waals surface area contributed by atoms with Crippen LogP contribution >= 0.6 is 7.82 Å². The van der Waals surface area contributed by atoms with Crippen LogP contribution < -0.4 is 10.2 Å². The van der Waals surface area contributed by atoms with Crippen molar-refractivity contribution in [2.75, 3.05) is 40.9 Å². The Morgan fingerprint density at radius 2 is 1.28 bits per heavy atom. The van der Waals surface area contributed by atoms with Gasteiger partial charge in [-0.3, -0.25) is 9.36 Å². The number of aliphatic hydroxyl groups excluding tert-OH is 1. The number of rotatable bonds is 30. The molecule has 0 fully saturated rings. The van der Waals surface area contributed by atoms with Gasteiger partial charge in [-0.05, 0) is 44.9 Å². The van der Waals surface area contributed by atoms with E-state index in [2.05, 4.69) is 31.3 Å². The van der Waals surface area contributed by atoms with Gasteiger partial charge in [0, 0.05) is 6.42 Å². The molecule has 0 heterocycles. The first-order chi connectivity index (χ1) is 20.5. The van der Waals surface area contributed by atoms with Gasteiger partial charge in [-0.25, -0.2) is 0 Å². The van der Waals surface area contributed by atoms with E-state index >= 15 is 0 Å². The Hall–Kier alpha value is -1.02. The maximum Gasteiger partial charge on any atom is 0.268 e. The number of hydrogen-bond acceptors (Lipinski definition) is 6. The molecule has 0 aromatic carbocycles. The Morgan fingerprint density at radius 3 is 1.86 bits per heavy atom. The van der Waals surface area contributed by atoms with Crippen LogP contribution in [0.2, 0.25) is 0 Å². The van der Waals surface area contributed by atoms with Crippen LogP contribution in [-0.4, -0.2) is 68.5 Å². The van der Waals surface area contributed by atoms with E-state index in [0.717, 1.165) is 51.4 Å². The third-order valence-corrected chi connectivity index (χ3v) is 8.37. The van der Waals surface area contributed by atoms with Gasteiger partial charge in [0.1, 0.15) is 13.2 Å². The molecule has 254 valence electrons. The lowest BCUT2D eigenvalue weighted by atomic mass is 10.1. The summed E-state index contributed by atoms with van der Waals surface area (Å²) in [6.45, 7) is 4.54. The van der Waals surface area contributed by atoms with Crippen LogP contribution in [0.3, 0.4) is 0 Å². The molecule has 0 saturated carbocycles. The van der Waals surface area contributed by atoms with Gasteiger partial charge in [-0.1, -0.05) is 109 Å². The van der Waals surface area contributed by atoms with Gasteiger partial charge in [0.2, 0.25) is 5.91 Å². The lowest BCUT2D eigenvalue weighted by Gasteiger charge is -2.29. The summed E-state index contributed by atoms with van der Waals surface area (Å²) in [6, 6.07) is -0.883. The van der Waals surface area contributed by atoms with Crippen molar-refractivity contribution in [3.8, 4) is 0 Å². The number of nitrogens with one attached hydrogen (secondary N) is 1. The third kappa shape index (κ3) is 29.5. The Kier molecular flexibility index (Phi) is 26.7. The average molecular weight is 631 g/mol. The molecule has 0 bridgehead atoms. The second-order valence-corrected chi connectivity index (χ2v) is 14.3. The molecule has 1 amide bonds. The number of hydrogen-bond donors (Lipinski definition) is 2. The SMILES string of the molecule is CCCCC/C=C\CCCCCCCC(=O)NC(COP(=O)([O-])OCC[N+](C)(C)C)C(O)/C=C/CCCCCCCCC. The predicted molar refractivity (Wildman–Crippen MR) is 178 cm³/mol. The van der Waals surface area contributed by atoms with E-state index in [4.69, 9.17) is 9.05 Å². The standard InChI is InChI=1S/C34H67N2O6P/c1-6-8-10-12-14-16-17-18-20-22-24-26-28-34(38)35-32(31-42-43(39,40)41-30-29-36(3,4)5)33(37)27-25-23-21-19-15-13-11-9-7-2/h14,16,25,27,32-33,37H,6-13,15,17-24,26,28-31H2,1-5H3,(H-,35,38,39,40)/b16-14-,27-25+. The topological polar surface area (TPSA) is 108 Å². The first-order valence-corrected chi connectivity index (χ1v) is 18.7. The minimum absolute atomic E-state index is 0.00253. The van der Waals surface area contributed by atoms with Gasteiger partial charge in [0.15, 0.2) is 0 Å². The molecule has 8 nitrogen and oxygen atoms in total. The van der Waals surface area contributed by atoms with Gasteiger partial charge in [0.05, 0.1) is 39.9 Å². The maximum atomic E-state index is 12.7. The highest BCUT2D eigenvalue weighted by Crippen LogP contribution is 2.38. The average Bonchev–Trinajstić information content (AvgIpc) is 2.94. The van der Waals surface area contributed by atoms with Crippen molar-refractivity contribution in [2.45, 2.75) is 148 Å². The Morgan fingerprint density at radius 1 is 0.791 bits per heavy atom. The van der Waals surface area contributed by atoms with Crippen LogP contribution in [0, 0.1) is 0 Å². The van der Waals surface area contributed by atoms with Crippen molar-refractivity contribution >= 4 is 13.7 Å². The molecule has 0 aromatic rings. The van der Waals surface area contributed by atoms with Crippen molar-refractivity contribution < 1.29 is 32.9 Å². The molecule has 3 atom stereocenters. The quantitative estimate of drug-likeness (QED) is 0.0366. The number of phosphoric ester groups is 1. The number of quaternary nitrogens is 1. The summed E-state index contributed by atoms with van der Waals surface area (Å²) in [7, 11) is 1.25. The molecule has 0 aliphatic carbocycles. The van der Waals surface area contributed by atoms with Crippen molar-refractivity contribution in [3.05, 3.63) is 24.3 Å². The molecular formula is C34H67N2O6P. The number of likely N-dealkylation sites (N-methyl/N-ethyl adjacent to an activating group) is 1. The zero-order chi connectivity index (χ0) is 32.2. The van der Waals surface area contributed by atoms with Crippen molar-refractivity contribution in [3.63, 3.8) is 0 Å². The van der Waals surface area contributed by atoms with Gasteiger partial charge >= 0.3 is 0 Å². The molecule has 43 heavy (non-hydrogen) atoms. The summed E-state index contributed by atoms with van der Waals surface area (Å²) in [6.07, 6.45) is 27.9.